The van der Waals surface area contributed by atoms with Crippen molar-refractivity contribution in [2.75, 3.05) is 20.2 Å². The summed E-state index contributed by atoms with van der Waals surface area (Å²) in [7, 11) is 1.72. The van der Waals surface area contributed by atoms with Gasteiger partial charge in [-0.05, 0) is 40.3 Å². The number of ether oxygens (including phenoxy) is 1. The van der Waals surface area contributed by atoms with E-state index >= 15 is 0 Å². The Morgan fingerprint density at radius 2 is 2.08 bits per heavy atom. The molecule has 0 radical (unpaired) electrons. The van der Waals surface area contributed by atoms with E-state index in [0.29, 0.717) is 0 Å². The van der Waals surface area contributed by atoms with Gasteiger partial charge in [0, 0.05) is 18.7 Å². The van der Waals surface area contributed by atoms with Crippen molar-refractivity contribution in [3.05, 3.63) is 63.8 Å². The predicted molar refractivity (Wildman–Crippen MR) is 110 cm³/mol. The first-order chi connectivity index (χ1) is 12.3. The number of nitrogens with zero attached hydrogens (tertiary/aromatic N) is 1. The lowest BCUT2D eigenvalue weighted by molar-refractivity contribution is 0.411. The number of aliphatic imine (C=N–C) groups is 1. The summed E-state index contributed by atoms with van der Waals surface area (Å²) in [6.45, 7) is 1.86. The minimum Gasteiger partial charge on any atom is -0.496 e. The zero-order valence-electron chi connectivity index (χ0n) is 14.0. The van der Waals surface area contributed by atoms with Gasteiger partial charge in [0.05, 0.1) is 17.2 Å². The van der Waals surface area contributed by atoms with Gasteiger partial charge in [-0.1, -0.05) is 30.3 Å². The smallest absolute Gasteiger partial charge is 0.138 e. The van der Waals surface area contributed by atoms with Crippen molar-refractivity contribution >= 4 is 40.6 Å². The second kappa shape index (κ2) is 7.10. The van der Waals surface area contributed by atoms with Gasteiger partial charge < -0.3 is 10.1 Å². The maximum Gasteiger partial charge on any atom is 0.138 e. The van der Waals surface area contributed by atoms with Gasteiger partial charge in [0.1, 0.15) is 11.6 Å². The summed E-state index contributed by atoms with van der Waals surface area (Å²) < 4.78 is 5.67. The third kappa shape index (κ3) is 3.02. The molecule has 128 valence electrons. The number of amidine groups is 1. The van der Waals surface area contributed by atoms with Crippen LogP contribution in [0.2, 0.25) is 0 Å². The second-order valence-corrected chi connectivity index (χ2v) is 7.45. The summed E-state index contributed by atoms with van der Waals surface area (Å²) in [5.41, 5.74) is 2.29. The Bertz CT molecular complexity index is 932. The molecule has 2 aromatic carbocycles. The first-order valence-corrected chi connectivity index (χ1v) is 9.79. The summed E-state index contributed by atoms with van der Waals surface area (Å²) >= 11 is 6.72. The van der Waals surface area contributed by atoms with E-state index < -0.39 is 0 Å². The number of thiol groups is 1. The summed E-state index contributed by atoms with van der Waals surface area (Å²) in [6, 6.07) is 14.7. The first kappa shape index (κ1) is 16.5. The minimum atomic E-state index is -0.0753. The van der Waals surface area contributed by atoms with Gasteiger partial charge in [0.15, 0.2) is 0 Å². The monoisotopic (exact) mass is 368 g/mol. The highest BCUT2D eigenvalue weighted by Crippen LogP contribution is 2.42. The number of methoxy groups -OCH3 is 1. The van der Waals surface area contributed by atoms with E-state index in [9.17, 15) is 0 Å². The summed E-state index contributed by atoms with van der Waals surface area (Å²) in [5.74, 6) is 1.86. The van der Waals surface area contributed by atoms with E-state index in [1.807, 2.05) is 6.07 Å². The number of fused-ring (bicyclic) bond motifs is 1. The van der Waals surface area contributed by atoms with Crippen LogP contribution in [0.15, 0.2) is 52.8 Å². The predicted octanol–water partition coefficient (Wildman–Crippen LogP) is 4.67. The van der Waals surface area contributed by atoms with Crippen molar-refractivity contribution < 1.29 is 4.74 Å². The van der Waals surface area contributed by atoms with E-state index in [2.05, 4.69) is 52.1 Å². The van der Waals surface area contributed by atoms with Crippen LogP contribution < -0.4 is 10.1 Å². The van der Waals surface area contributed by atoms with Crippen LogP contribution in [0, 0.1) is 0 Å². The minimum absolute atomic E-state index is 0.0753. The molecule has 1 aliphatic heterocycles. The van der Waals surface area contributed by atoms with Gasteiger partial charge >= 0.3 is 0 Å². The lowest BCUT2D eigenvalue weighted by atomic mass is 9.96. The molecule has 0 aliphatic carbocycles. The SMILES string of the molecule is COc1ccc2ccccc2c1C(S)c1ccsc1C1=NCCCN1. The third-order valence-electron chi connectivity index (χ3n) is 4.53. The summed E-state index contributed by atoms with van der Waals surface area (Å²) in [6.07, 6.45) is 1.09. The van der Waals surface area contributed by atoms with Gasteiger partial charge in [0.25, 0.3) is 0 Å². The van der Waals surface area contributed by atoms with Gasteiger partial charge in [0.2, 0.25) is 0 Å². The fourth-order valence-corrected chi connectivity index (χ4v) is 4.79. The molecule has 0 saturated carbocycles. The third-order valence-corrected chi connectivity index (χ3v) is 6.00. The van der Waals surface area contributed by atoms with Gasteiger partial charge in [-0.15, -0.1) is 11.3 Å². The molecule has 0 spiro atoms. The number of thiophene rings is 1. The summed E-state index contributed by atoms with van der Waals surface area (Å²) in [4.78, 5) is 5.84. The molecule has 1 unspecified atom stereocenters. The molecule has 1 atom stereocenters. The fraction of sp³-hybridized carbons (Fsp3) is 0.250. The highest BCUT2D eigenvalue weighted by molar-refractivity contribution is 7.80. The molecular weight excluding hydrogens is 348 g/mol. The van der Waals surface area contributed by atoms with Crippen LogP contribution >= 0.6 is 24.0 Å². The zero-order chi connectivity index (χ0) is 17.2. The number of hydrogen-bond acceptors (Lipinski definition) is 5. The summed E-state index contributed by atoms with van der Waals surface area (Å²) in [5, 5.41) is 7.84. The molecule has 0 saturated heterocycles. The number of hydrogen-bond donors (Lipinski definition) is 2. The van der Waals surface area contributed by atoms with E-state index in [1.165, 1.54) is 21.2 Å². The van der Waals surface area contributed by atoms with Crippen molar-refractivity contribution in [2.24, 2.45) is 4.99 Å². The molecule has 1 N–H and O–H groups in total. The molecule has 5 heteroatoms. The molecule has 3 aromatic rings. The molecular formula is C20H20N2OS2. The lowest BCUT2D eigenvalue weighted by Crippen LogP contribution is -2.30. The maximum absolute atomic E-state index is 5.67. The van der Waals surface area contributed by atoms with Crippen LogP contribution in [0.3, 0.4) is 0 Å². The topological polar surface area (TPSA) is 33.6 Å². The van der Waals surface area contributed by atoms with Gasteiger partial charge in [-0.2, -0.15) is 12.6 Å². The van der Waals surface area contributed by atoms with Crippen LogP contribution in [0.5, 0.6) is 5.75 Å². The van der Waals surface area contributed by atoms with Crippen LogP contribution in [0.25, 0.3) is 10.8 Å². The zero-order valence-corrected chi connectivity index (χ0v) is 15.7. The normalized spacial score (nSPS) is 15.5. The lowest BCUT2D eigenvalue weighted by Gasteiger charge is -2.20. The van der Waals surface area contributed by atoms with Crippen LogP contribution in [-0.4, -0.2) is 26.0 Å². The highest BCUT2D eigenvalue weighted by atomic mass is 32.1. The highest BCUT2D eigenvalue weighted by Gasteiger charge is 2.23. The standard InChI is InChI=1S/C20H20N2OS2/c1-23-16-8-7-13-5-2-3-6-14(13)17(16)18(24)15-9-12-25-19(15)20-21-10-4-11-22-20/h2-3,5-9,12,18,24H,4,10-11H2,1H3,(H,21,22). The Morgan fingerprint density at radius 1 is 1.20 bits per heavy atom. The molecule has 4 rings (SSSR count). The van der Waals surface area contributed by atoms with Gasteiger partial charge in [-0.3, -0.25) is 4.99 Å². The number of rotatable bonds is 4. The Kier molecular flexibility index (Phi) is 4.68. The largest absolute Gasteiger partial charge is 0.496 e. The van der Waals surface area contributed by atoms with Crippen LogP contribution in [0.4, 0.5) is 0 Å². The number of nitrogens with one attached hydrogen (secondary N) is 1. The van der Waals surface area contributed by atoms with E-state index in [-0.39, 0.29) is 5.25 Å². The van der Waals surface area contributed by atoms with Gasteiger partial charge in [-0.25, -0.2) is 0 Å². The Morgan fingerprint density at radius 3 is 2.88 bits per heavy atom. The Labute approximate surface area is 157 Å². The van der Waals surface area contributed by atoms with E-state index in [0.717, 1.165) is 36.7 Å². The van der Waals surface area contributed by atoms with Crippen LogP contribution in [0.1, 0.15) is 27.7 Å². The van der Waals surface area contributed by atoms with Crippen molar-refractivity contribution in [3.8, 4) is 5.75 Å². The Balaban J connectivity index is 1.85. The number of benzene rings is 2. The Hall–Kier alpha value is -1.98. The molecule has 25 heavy (non-hydrogen) atoms. The molecule has 0 amide bonds. The molecule has 1 aromatic heterocycles. The van der Waals surface area contributed by atoms with E-state index in [4.69, 9.17) is 17.4 Å². The molecule has 2 heterocycles. The molecule has 0 bridgehead atoms. The average Bonchev–Trinajstić information content (AvgIpc) is 3.17. The average molecular weight is 369 g/mol. The van der Waals surface area contributed by atoms with Crippen molar-refractivity contribution in [3.63, 3.8) is 0 Å². The van der Waals surface area contributed by atoms with Crippen molar-refractivity contribution in [1.29, 1.82) is 0 Å². The van der Waals surface area contributed by atoms with Crippen molar-refractivity contribution in [2.45, 2.75) is 11.7 Å². The quantitative estimate of drug-likeness (QED) is 0.656. The van der Waals surface area contributed by atoms with Crippen molar-refractivity contribution in [1.82, 2.24) is 5.32 Å². The first-order valence-electron chi connectivity index (χ1n) is 8.39. The molecule has 1 aliphatic rings. The molecule has 0 fully saturated rings. The molecule has 3 nitrogen and oxygen atoms in total. The maximum atomic E-state index is 5.67. The van der Waals surface area contributed by atoms with Crippen LogP contribution in [-0.2, 0) is 0 Å². The fourth-order valence-electron chi connectivity index (χ4n) is 3.30. The second-order valence-electron chi connectivity index (χ2n) is 6.02. The van der Waals surface area contributed by atoms with E-state index in [1.54, 1.807) is 18.4 Å².